The van der Waals surface area contributed by atoms with E-state index in [4.69, 9.17) is 4.99 Å². The van der Waals surface area contributed by atoms with Gasteiger partial charge in [-0.1, -0.05) is 72.5 Å². The number of nitrogens with zero attached hydrogens (tertiary/aromatic N) is 3. The molecule has 2 aliphatic carbocycles. The second-order valence-corrected chi connectivity index (χ2v) is 10.3. The largest absolute Gasteiger partial charge is 0.339 e. The van der Waals surface area contributed by atoms with Crippen molar-refractivity contribution in [2.75, 3.05) is 4.90 Å². The van der Waals surface area contributed by atoms with Crippen LogP contribution in [0, 0.1) is 11.3 Å². The van der Waals surface area contributed by atoms with Gasteiger partial charge >= 0.3 is 0 Å². The highest BCUT2D eigenvalue weighted by Crippen LogP contribution is 2.50. The molecule has 2 aromatic rings. The third-order valence-electron chi connectivity index (χ3n) is 7.20. The topological polar surface area (TPSA) is 39.4 Å². The van der Waals surface area contributed by atoms with E-state index in [0.29, 0.717) is 6.04 Å². The fourth-order valence-electron chi connectivity index (χ4n) is 5.67. The monoisotopic (exact) mass is 461 g/mol. The number of hydrogen-bond acceptors (Lipinski definition) is 4. The van der Waals surface area contributed by atoms with Gasteiger partial charge in [0.25, 0.3) is 0 Å². The number of thioether (sulfide) groups is 1. The molecule has 0 bridgehead atoms. The summed E-state index contributed by atoms with van der Waals surface area (Å²) in [6, 6.07) is 20.2. The van der Waals surface area contributed by atoms with E-state index in [1.165, 1.54) is 26.7 Å². The molecule has 0 aromatic heterocycles. The van der Waals surface area contributed by atoms with E-state index in [2.05, 4.69) is 83.8 Å². The van der Waals surface area contributed by atoms with Gasteiger partial charge in [-0.25, -0.2) is 0 Å². The van der Waals surface area contributed by atoms with E-state index in [1.54, 1.807) is 0 Å². The van der Waals surface area contributed by atoms with E-state index in [9.17, 15) is 5.26 Å². The van der Waals surface area contributed by atoms with Crippen LogP contribution in [0.5, 0.6) is 0 Å². The molecule has 0 N–H and O–H groups in total. The lowest BCUT2D eigenvalue weighted by Gasteiger charge is -2.45. The summed E-state index contributed by atoms with van der Waals surface area (Å²) in [7, 11) is 0. The summed E-state index contributed by atoms with van der Waals surface area (Å²) >= 11 is 1.91. The van der Waals surface area contributed by atoms with Crippen LogP contribution in [-0.4, -0.2) is 12.3 Å². The number of benzene rings is 2. The molecule has 0 spiro atoms. The highest BCUT2D eigenvalue weighted by molar-refractivity contribution is 8.03. The average Bonchev–Trinajstić information content (AvgIpc) is 2.91. The van der Waals surface area contributed by atoms with Crippen LogP contribution < -0.4 is 4.90 Å². The van der Waals surface area contributed by atoms with E-state index in [1.807, 2.05) is 18.0 Å². The molecule has 6 rings (SSSR count). The Morgan fingerprint density at radius 3 is 2.79 bits per heavy atom. The number of anilines is 1. The lowest BCUT2D eigenvalue weighted by molar-refractivity contribution is 0.510. The molecule has 0 saturated carbocycles. The Labute approximate surface area is 205 Å². The molecule has 2 aliphatic heterocycles. The maximum absolute atomic E-state index is 9.80. The lowest BCUT2D eigenvalue weighted by Crippen LogP contribution is -2.42. The molecule has 3 nitrogen and oxygen atoms in total. The third kappa shape index (κ3) is 3.65. The van der Waals surface area contributed by atoms with Crippen LogP contribution in [-0.2, 0) is 0 Å². The second kappa shape index (κ2) is 9.16. The summed E-state index contributed by atoms with van der Waals surface area (Å²) in [5.41, 5.74) is 6.83. The van der Waals surface area contributed by atoms with Gasteiger partial charge in [0.05, 0.1) is 23.0 Å². The maximum atomic E-state index is 9.80. The van der Waals surface area contributed by atoms with Gasteiger partial charge in [-0.2, -0.15) is 5.26 Å². The SMILES string of the molecule is N#CC1=C(c2ccccc2C2C=CCCC2N2C3=C(C=CCC3)Sc3ccccc32)N=CCC1. The van der Waals surface area contributed by atoms with Crippen LogP contribution in [0.25, 0.3) is 5.70 Å². The Bertz CT molecular complexity index is 1320. The van der Waals surface area contributed by atoms with E-state index in [-0.39, 0.29) is 5.92 Å². The molecule has 4 aliphatic rings. The number of aliphatic imine (C=N–C) groups is 1. The van der Waals surface area contributed by atoms with Crippen molar-refractivity contribution in [2.45, 2.75) is 55.4 Å². The highest BCUT2D eigenvalue weighted by Gasteiger charge is 2.37. The molecule has 0 fully saturated rings. The van der Waals surface area contributed by atoms with E-state index < -0.39 is 0 Å². The van der Waals surface area contributed by atoms with Gasteiger partial charge in [-0.3, -0.25) is 4.99 Å². The maximum Gasteiger partial charge on any atom is 0.0970 e. The number of para-hydroxylation sites is 1. The molecule has 2 unspecified atom stereocenters. The summed E-state index contributed by atoms with van der Waals surface area (Å²) in [6.07, 6.45) is 17.3. The lowest BCUT2D eigenvalue weighted by atomic mass is 9.80. The molecule has 34 heavy (non-hydrogen) atoms. The molecular weight excluding hydrogens is 434 g/mol. The third-order valence-corrected chi connectivity index (χ3v) is 8.35. The molecule has 0 radical (unpaired) electrons. The quantitative estimate of drug-likeness (QED) is 0.438. The molecular formula is C30H27N3S. The van der Waals surface area contributed by atoms with Crippen molar-refractivity contribution in [1.29, 1.82) is 5.26 Å². The predicted molar refractivity (Wildman–Crippen MR) is 142 cm³/mol. The minimum atomic E-state index is 0.227. The molecule has 2 heterocycles. The second-order valence-electron chi connectivity index (χ2n) is 9.17. The van der Waals surface area contributed by atoms with Gasteiger partial charge in [0.1, 0.15) is 0 Å². The molecule has 0 amide bonds. The zero-order valence-corrected chi connectivity index (χ0v) is 20.0. The minimum absolute atomic E-state index is 0.227. The van der Waals surface area contributed by atoms with E-state index >= 15 is 0 Å². The standard InChI is InChI=1S/C30H27N3S/c31-20-21-10-9-19-32-30(21)24-13-2-1-11-22(24)23-12-3-4-14-25(23)33-26-15-5-7-17-28(26)34-29-18-8-6-16-27(29)33/h1-3,5,7-8,11-13,15,17-19,23,25H,4,6,9-10,14,16H2. The van der Waals surface area contributed by atoms with Gasteiger partial charge in [-0.15, -0.1) is 0 Å². The van der Waals surface area contributed by atoms with Crippen LogP contribution in [0.15, 0.2) is 98.9 Å². The predicted octanol–water partition coefficient (Wildman–Crippen LogP) is 7.76. The molecule has 2 atom stereocenters. The van der Waals surface area contributed by atoms with Crippen molar-refractivity contribution in [3.05, 3.63) is 100 Å². The Balaban J connectivity index is 1.49. The van der Waals surface area contributed by atoms with Crippen LogP contribution >= 0.6 is 11.8 Å². The summed E-state index contributed by atoms with van der Waals surface area (Å²) in [5.74, 6) is 0.227. The van der Waals surface area contributed by atoms with Crippen LogP contribution in [0.1, 0.15) is 55.6 Å². The summed E-state index contributed by atoms with van der Waals surface area (Å²) in [5, 5.41) is 9.80. The zero-order chi connectivity index (χ0) is 22.9. The first-order valence-corrected chi connectivity index (χ1v) is 13.0. The molecule has 4 heteroatoms. The van der Waals surface area contributed by atoms with Gasteiger partial charge in [0, 0.05) is 39.2 Å². The first kappa shape index (κ1) is 21.3. The van der Waals surface area contributed by atoms with Gasteiger partial charge in [0.2, 0.25) is 0 Å². The number of hydrogen-bond donors (Lipinski definition) is 0. The smallest absolute Gasteiger partial charge is 0.0970 e. The fourth-order valence-corrected chi connectivity index (χ4v) is 6.81. The van der Waals surface area contributed by atoms with Crippen LogP contribution in [0.2, 0.25) is 0 Å². The van der Waals surface area contributed by atoms with Crippen LogP contribution in [0.4, 0.5) is 5.69 Å². The van der Waals surface area contributed by atoms with Gasteiger partial charge < -0.3 is 4.90 Å². The summed E-state index contributed by atoms with van der Waals surface area (Å²) in [4.78, 5) is 10.1. The van der Waals surface area contributed by atoms with Crippen molar-refractivity contribution in [2.24, 2.45) is 4.99 Å². The average molecular weight is 462 g/mol. The Morgan fingerprint density at radius 2 is 1.85 bits per heavy atom. The number of nitriles is 1. The Morgan fingerprint density at radius 1 is 0.971 bits per heavy atom. The first-order valence-electron chi connectivity index (χ1n) is 12.2. The Hall–Kier alpha value is -3.29. The number of allylic oxidation sites excluding steroid dienone is 5. The van der Waals surface area contributed by atoms with Crippen molar-refractivity contribution < 1.29 is 0 Å². The van der Waals surface area contributed by atoms with Crippen molar-refractivity contribution in [3.8, 4) is 6.07 Å². The number of fused-ring (bicyclic) bond motifs is 1. The van der Waals surface area contributed by atoms with E-state index in [0.717, 1.165) is 55.4 Å². The molecule has 168 valence electrons. The minimum Gasteiger partial charge on any atom is -0.339 e. The molecule has 0 saturated heterocycles. The number of rotatable bonds is 3. The van der Waals surface area contributed by atoms with Crippen molar-refractivity contribution in [3.63, 3.8) is 0 Å². The normalized spacial score (nSPS) is 23.6. The fraction of sp³-hybridized carbons (Fsp3) is 0.267. The highest BCUT2D eigenvalue weighted by atomic mass is 32.2. The zero-order valence-electron chi connectivity index (χ0n) is 19.2. The van der Waals surface area contributed by atoms with Crippen molar-refractivity contribution >= 4 is 29.4 Å². The van der Waals surface area contributed by atoms with Crippen LogP contribution in [0.3, 0.4) is 0 Å². The summed E-state index contributed by atoms with van der Waals surface area (Å²) < 4.78 is 0. The van der Waals surface area contributed by atoms with Gasteiger partial charge in [-0.05, 0) is 56.2 Å². The first-order chi connectivity index (χ1) is 16.8. The Kier molecular flexibility index (Phi) is 5.73. The van der Waals surface area contributed by atoms with Gasteiger partial charge in [0.15, 0.2) is 0 Å². The summed E-state index contributed by atoms with van der Waals surface area (Å²) in [6.45, 7) is 0. The molecule has 2 aromatic carbocycles. The van der Waals surface area contributed by atoms with Crippen molar-refractivity contribution in [1.82, 2.24) is 0 Å².